The molecule has 0 fully saturated rings. The molecular weight excluding hydrogens is 349 g/mol. The molecule has 0 saturated heterocycles. The number of nitrogens with two attached hydrogens (primary N) is 1. The third-order valence-corrected chi connectivity index (χ3v) is 3.60. The predicted molar refractivity (Wildman–Crippen MR) is 101 cm³/mol. The summed E-state index contributed by atoms with van der Waals surface area (Å²) in [5, 5.41) is 0. The SMILES string of the molecule is CCCc1c(C(N)=O)ccc(Oc2ccc(OC)cc2)c1C.Cl.Cl. The third-order valence-electron chi connectivity index (χ3n) is 3.60. The lowest BCUT2D eigenvalue weighted by atomic mass is 9.96. The molecule has 2 rings (SSSR count). The molecule has 0 aromatic heterocycles. The van der Waals surface area contributed by atoms with Gasteiger partial charge in [-0.15, -0.1) is 24.8 Å². The summed E-state index contributed by atoms with van der Waals surface area (Å²) >= 11 is 0. The average Bonchev–Trinajstić information content (AvgIpc) is 2.52. The van der Waals surface area contributed by atoms with E-state index in [1.807, 2.05) is 31.2 Å². The Morgan fingerprint density at radius 2 is 1.62 bits per heavy atom. The van der Waals surface area contributed by atoms with Crippen LogP contribution in [0.15, 0.2) is 36.4 Å². The second-order valence-corrected chi connectivity index (χ2v) is 5.11. The van der Waals surface area contributed by atoms with E-state index in [0.29, 0.717) is 5.56 Å². The van der Waals surface area contributed by atoms with Gasteiger partial charge in [-0.05, 0) is 60.9 Å². The molecule has 0 aliphatic heterocycles. The number of hydrogen-bond acceptors (Lipinski definition) is 3. The summed E-state index contributed by atoms with van der Waals surface area (Å²) in [6.45, 7) is 4.03. The van der Waals surface area contributed by atoms with Gasteiger partial charge in [-0.3, -0.25) is 4.79 Å². The second-order valence-electron chi connectivity index (χ2n) is 5.11. The van der Waals surface area contributed by atoms with Crippen molar-refractivity contribution in [3.63, 3.8) is 0 Å². The fourth-order valence-electron chi connectivity index (χ4n) is 2.42. The Bertz CT molecular complexity index is 673. The highest BCUT2D eigenvalue weighted by Crippen LogP contribution is 2.30. The van der Waals surface area contributed by atoms with E-state index in [1.165, 1.54) is 0 Å². The van der Waals surface area contributed by atoms with Gasteiger partial charge in [0.05, 0.1) is 7.11 Å². The van der Waals surface area contributed by atoms with Gasteiger partial charge in [0.2, 0.25) is 5.91 Å². The molecule has 4 nitrogen and oxygen atoms in total. The Labute approximate surface area is 155 Å². The lowest BCUT2D eigenvalue weighted by Crippen LogP contribution is -2.15. The van der Waals surface area contributed by atoms with Crippen LogP contribution < -0.4 is 15.2 Å². The Morgan fingerprint density at radius 1 is 1.04 bits per heavy atom. The van der Waals surface area contributed by atoms with Crippen molar-refractivity contribution in [2.24, 2.45) is 5.73 Å². The molecule has 0 unspecified atom stereocenters. The fraction of sp³-hybridized carbons (Fsp3) is 0.278. The molecule has 0 aliphatic rings. The maximum atomic E-state index is 11.6. The van der Waals surface area contributed by atoms with Gasteiger partial charge >= 0.3 is 0 Å². The molecular formula is C18H23Cl2NO3. The van der Waals surface area contributed by atoms with Crippen molar-refractivity contribution < 1.29 is 14.3 Å². The summed E-state index contributed by atoms with van der Waals surface area (Å²) in [5.74, 6) is 1.83. The number of amides is 1. The minimum Gasteiger partial charge on any atom is -0.497 e. The first kappa shape index (κ1) is 22.1. The first-order valence-corrected chi connectivity index (χ1v) is 7.31. The molecule has 132 valence electrons. The topological polar surface area (TPSA) is 61.6 Å². The maximum Gasteiger partial charge on any atom is 0.248 e. The summed E-state index contributed by atoms with van der Waals surface area (Å²) in [6.07, 6.45) is 1.73. The number of methoxy groups -OCH3 is 1. The standard InChI is InChI=1S/C18H21NO3.2ClH/c1-4-5-15-12(2)17(11-10-16(15)18(19)20)22-14-8-6-13(21-3)7-9-14;;/h6-11H,4-5H2,1-3H3,(H2,19,20);2*1H. The van der Waals surface area contributed by atoms with E-state index in [1.54, 1.807) is 19.2 Å². The molecule has 0 atom stereocenters. The maximum absolute atomic E-state index is 11.6. The molecule has 1 amide bonds. The summed E-state index contributed by atoms with van der Waals surface area (Å²) in [7, 11) is 1.62. The molecule has 0 saturated carbocycles. The molecule has 0 radical (unpaired) electrons. The highest BCUT2D eigenvalue weighted by atomic mass is 35.5. The zero-order valence-corrected chi connectivity index (χ0v) is 15.6. The summed E-state index contributed by atoms with van der Waals surface area (Å²) < 4.78 is 11.1. The van der Waals surface area contributed by atoms with Crippen molar-refractivity contribution in [1.82, 2.24) is 0 Å². The Kier molecular flexibility index (Phi) is 9.26. The second kappa shape index (κ2) is 10.1. The molecule has 0 spiro atoms. The average molecular weight is 372 g/mol. The first-order chi connectivity index (χ1) is 10.6. The van der Waals surface area contributed by atoms with Crippen LogP contribution in [0, 0.1) is 6.92 Å². The number of benzene rings is 2. The molecule has 2 aromatic carbocycles. The number of carbonyl (C=O) groups excluding carboxylic acids is 1. The summed E-state index contributed by atoms with van der Waals surface area (Å²) in [5.41, 5.74) is 7.94. The monoisotopic (exact) mass is 371 g/mol. The van der Waals surface area contributed by atoms with Crippen molar-refractivity contribution in [3.05, 3.63) is 53.1 Å². The van der Waals surface area contributed by atoms with Crippen LogP contribution in [0.2, 0.25) is 0 Å². The fourth-order valence-corrected chi connectivity index (χ4v) is 2.42. The van der Waals surface area contributed by atoms with Crippen LogP contribution >= 0.6 is 24.8 Å². The van der Waals surface area contributed by atoms with Crippen LogP contribution in [0.1, 0.15) is 34.8 Å². The van der Waals surface area contributed by atoms with E-state index in [0.717, 1.165) is 41.2 Å². The Morgan fingerprint density at radius 3 is 2.12 bits per heavy atom. The van der Waals surface area contributed by atoms with Gasteiger partial charge in [0.25, 0.3) is 0 Å². The predicted octanol–water partition coefficient (Wildman–Crippen LogP) is 4.69. The normalized spacial score (nSPS) is 9.46. The Hall–Kier alpha value is -1.91. The van der Waals surface area contributed by atoms with E-state index in [2.05, 4.69) is 6.92 Å². The largest absolute Gasteiger partial charge is 0.497 e. The van der Waals surface area contributed by atoms with Crippen LogP contribution in [0.5, 0.6) is 17.2 Å². The quantitative estimate of drug-likeness (QED) is 0.800. The van der Waals surface area contributed by atoms with Gasteiger partial charge in [0.1, 0.15) is 17.2 Å². The van der Waals surface area contributed by atoms with Crippen molar-refractivity contribution in [1.29, 1.82) is 0 Å². The van der Waals surface area contributed by atoms with Gasteiger partial charge < -0.3 is 15.2 Å². The van der Waals surface area contributed by atoms with Gasteiger partial charge in [0.15, 0.2) is 0 Å². The van der Waals surface area contributed by atoms with Crippen LogP contribution in [0.3, 0.4) is 0 Å². The van der Waals surface area contributed by atoms with Crippen molar-refractivity contribution in [3.8, 4) is 17.2 Å². The van der Waals surface area contributed by atoms with E-state index < -0.39 is 5.91 Å². The molecule has 0 aliphatic carbocycles. The van der Waals surface area contributed by atoms with Crippen LogP contribution in [-0.4, -0.2) is 13.0 Å². The molecule has 0 heterocycles. The Balaban J connectivity index is 0.00000264. The number of ether oxygens (including phenoxy) is 2. The zero-order valence-electron chi connectivity index (χ0n) is 14.0. The smallest absolute Gasteiger partial charge is 0.248 e. The minimum atomic E-state index is -0.400. The van der Waals surface area contributed by atoms with E-state index in [4.69, 9.17) is 15.2 Å². The molecule has 2 aromatic rings. The number of carbonyl (C=O) groups is 1. The van der Waals surface area contributed by atoms with E-state index in [-0.39, 0.29) is 24.8 Å². The molecule has 0 bridgehead atoms. The van der Waals surface area contributed by atoms with Crippen molar-refractivity contribution >= 4 is 30.7 Å². The highest BCUT2D eigenvalue weighted by Gasteiger charge is 2.14. The summed E-state index contributed by atoms with van der Waals surface area (Å²) in [4.78, 5) is 11.6. The number of rotatable bonds is 6. The van der Waals surface area contributed by atoms with E-state index in [9.17, 15) is 4.79 Å². The van der Waals surface area contributed by atoms with Crippen LogP contribution in [-0.2, 0) is 6.42 Å². The summed E-state index contributed by atoms with van der Waals surface area (Å²) in [6, 6.07) is 10.9. The van der Waals surface area contributed by atoms with Crippen LogP contribution in [0.25, 0.3) is 0 Å². The van der Waals surface area contributed by atoms with Crippen molar-refractivity contribution in [2.45, 2.75) is 26.7 Å². The lowest BCUT2D eigenvalue weighted by Gasteiger charge is -2.15. The van der Waals surface area contributed by atoms with E-state index >= 15 is 0 Å². The van der Waals surface area contributed by atoms with Gasteiger partial charge in [0, 0.05) is 5.56 Å². The first-order valence-electron chi connectivity index (χ1n) is 7.31. The molecule has 24 heavy (non-hydrogen) atoms. The molecule has 6 heteroatoms. The van der Waals surface area contributed by atoms with Crippen LogP contribution in [0.4, 0.5) is 0 Å². The highest BCUT2D eigenvalue weighted by molar-refractivity contribution is 5.95. The zero-order chi connectivity index (χ0) is 16.1. The van der Waals surface area contributed by atoms with Gasteiger partial charge in [-0.2, -0.15) is 0 Å². The number of hydrogen-bond donors (Lipinski definition) is 1. The van der Waals surface area contributed by atoms with Gasteiger partial charge in [-0.25, -0.2) is 0 Å². The number of primary amides is 1. The lowest BCUT2D eigenvalue weighted by molar-refractivity contribution is 0.0999. The molecule has 2 N–H and O–H groups in total. The van der Waals surface area contributed by atoms with Crippen molar-refractivity contribution in [2.75, 3.05) is 7.11 Å². The van der Waals surface area contributed by atoms with Gasteiger partial charge in [-0.1, -0.05) is 13.3 Å². The third kappa shape index (κ3) is 5.05. The number of halogens is 2. The minimum absolute atomic E-state index is 0.